The van der Waals surface area contributed by atoms with Crippen molar-refractivity contribution in [2.24, 2.45) is 0 Å². The molecule has 0 aliphatic heterocycles. The summed E-state index contributed by atoms with van der Waals surface area (Å²) in [6.45, 7) is 6.60. The third-order valence-electron chi connectivity index (χ3n) is 10.1. The van der Waals surface area contributed by atoms with Crippen LogP contribution in [0.5, 0.6) is 0 Å². The predicted molar refractivity (Wildman–Crippen MR) is 190 cm³/mol. The van der Waals surface area contributed by atoms with E-state index in [1.807, 2.05) is 0 Å². The molecule has 0 fully saturated rings. The van der Waals surface area contributed by atoms with Gasteiger partial charge in [0.1, 0.15) is 42.5 Å². The molecule has 0 aromatic heterocycles. The van der Waals surface area contributed by atoms with E-state index in [0.717, 1.165) is 25.9 Å². The second-order valence-electron chi connectivity index (χ2n) is 13.3. The molecule has 18 heteroatoms. The Morgan fingerprint density at radius 2 is 0.567 bits per heavy atom. The highest BCUT2D eigenvalue weighted by molar-refractivity contribution is 7.20. The highest BCUT2D eigenvalue weighted by atomic mass is 19.2. The van der Waals surface area contributed by atoms with Gasteiger partial charge in [0.05, 0.1) is 23.3 Å². The van der Waals surface area contributed by atoms with Crippen LogP contribution in [0.3, 0.4) is 0 Å². The number of hydrogen-bond acceptors (Lipinski definition) is 0. The molecule has 0 aliphatic rings. The van der Waals surface area contributed by atoms with Crippen molar-refractivity contribution in [3.8, 4) is 0 Å². The maximum atomic E-state index is 15.3. The summed E-state index contributed by atoms with van der Waals surface area (Å²) in [4.78, 5) is 0. The van der Waals surface area contributed by atoms with E-state index in [1.165, 1.54) is 22.3 Å². The Bertz CT molecular complexity index is 2290. The first-order valence-corrected chi connectivity index (χ1v) is 17.8. The summed E-state index contributed by atoms with van der Waals surface area (Å²) in [7, 11) is 0. The van der Waals surface area contributed by atoms with Crippen molar-refractivity contribution in [3.05, 3.63) is 188 Å². The van der Waals surface area contributed by atoms with Crippen LogP contribution in [-0.2, 0) is 25.9 Å². The van der Waals surface area contributed by atoms with E-state index in [1.54, 1.807) is 0 Å². The minimum Gasteiger partial charge on any atom is -0.339 e. The van der Waals surface area contributed by atoms with Crippen LogP contribution in [-0.4, -0.2) is 6.15 Å². The van der Waals surface area contributed by atoms with Crippen LogP contribution in [0, 0.1) is 93.1 Å². The molecule has 0 atom stereocenters. The van der Waals surface area contributed by atoms with Gasteiger partial charge in [-0.2, -0.15) is 0 Å². The Hall–Kier alpha value is -5.78. The summed E-state index contributed by atoms with van der Waals surface area (Å²) in [5, 5.41) is 2.41. The molecule has 0 bridgehead atoms. The molecule has 0 spiro atoms. The lowest BCUT2D eigenvalue weighted by Crippen LogP contribution is -2.81. The van der Waals surface area contributed by atoms with Crippen molar-refractivity contribution >= 4 is 28.0 Å². The molecular formula is C42H28BF16N. The van der Waals surface area contributed by atoms with Gasteiger partial charge in [0, 0.05) is 35.4 Å². The standard InChI is InChI=1S/C24H4BF16.C18H23N/c26-5-1-9(30)17(34)21(38)13(5)25(14-6(27)2-10(31)18(35)22(14)39,15-7(28)3-11(32)19(36)23(15)40)16-8(29)4-12(33)20(37)24(16)41;1-3-15-9-5-7-11-17(15)13-19-14-18-12-8-6-10-16(18)4-2/h1-4H;5-12,19H,3-4,13-14H2,1-2H3/q-1;/p+1. The summed E-state index contributed by atoms with van der Waals surface area (Å²) >= 11 is 0. The largest absolute Gasteiger partial charge is 0.339 e. The molecule has 0 amide bonds. The maximum Gasteiger partial charge on any atom is 0.191 e. The van der Waals surface area contributed by atoms with Crippen molar-refractivity contribution in [1.82, 2.24) is 0 Å². The minimum absolute atomic E-state index is 0.731. The van der Waals surface area contributed by atoms with Gasteiger partial charge in [0.15, 0.2) is 46.5 Å². The molecular weight excluding hydrogens is 833 g/mol. The fourth-order valence-corrected chi connectivity index (χ4v) is 7.36. The van der Waals surface area contributed by atoms with Crippen LogP contribution in [0.25, 0.3) is 0 Å². The first-order valence-electron chi connectivity index (χ1n) is 17.8. The Labute approximate surface area is 331 Å². The van der Waals surface area contributed by atoms with Crippen LogP contribution in [0.2, 0.25) is 0 Å². The van der Waals surface area contributed by atoms with Gasteiger partial charge in [0.25, 0.3) is 0 Å². The van der Waals surface area contributed by atoms with Crippen LogP contribution in [0.15, 0.2) is 72.8 Å². The molecule has 6 rings (SSSR count). The molecule has 0 unspecified atom stereocenters. The van der Waals surface area contributed by atoms with Gasteiger partial charge in [-0.25, -0.2) is 70.2 Å². The van der Waals surface area contributed by atoms with Crippen molar-refractivity contribution in [2.75, 3.05) is 0 Å². The fraction of sp³-hybridized carbons (Fsp3) is 0.143. The van der Waals surface area contributed by atoms with Gasteiger partial charge in [0.2, 0.25) is 0 Å². The summed E-state index contributed by atoms with van der Waals surface area (Å²) in [5.41, 5.74) is -5.05. The predicted octanol–water partition coefficient (Wildman–Crippen LogP) is 8.36. The fourth-order valence-electron chi connectivity index (χ4n) is 7.36. The van der Waals surface area contributed by atoms with Crippen molar-refractivity contribution in [1.29, 1.82) is 0 Å². The summed E-state index contributed by atoms with van der Waals surface area (Å²) < 4.78 is 235. The molecule has 1 nitrogen and oxygen atoms in total. The van der Waals surface area contributed by atoms with Gasteiger partial charge < -0.3 is 5.32 Å². The van der Waals surface area contributed by atoms with Gasteiger partial charge >= 0.3 is 0 Å². The van der Waals surface area contributed by atoms with E-state index >= 15 is 35.1 Å². The van der Waals surface area contributed by atoms with Gasteiger partial charge in [-0.05, 0) is 24.0 Å². The summed E-state index contributed by atoms with van der Waals surface area (Å²) in [6, 6.07) is 14.6. The molecule has 0 saturated carbocycles. The van der Waals surface area contributed by atoms with Gasteiger partial charge in [-0.1, -0.05) is 62.4 Å². The quantitative estimate of drug-likeness (QED) is 0.0618. The molecule has 2 N–H and O–H groups in total. The monoisotopic (exact) mass is 861 g/mol. The lowest BCUT2D eigenvalue weighted by molar-refractivity contribution is -0.686. The second-order valence-corrected chi connectivity index (χ2v) is 13.3. The Morgan fingerprint density at radius 1 is 0.333 bits per heavy atom. The number of rotatable bonds is 10. The van der Waals surface area contributed by atoms with Gasteiger partial charge in [-0.15, -0.1) is 21.9 Å². The first-order chi connectivity index (χ1) is 28.3. The number of halogens is 16. The third-order valence-corrected chi connectivity index (χ3v) is 10.1. The number of benzene rings is 6. The Balaban J connectivity index is 0.000000299. The molecule has 60 heavy (non-hydrogen) atoms. The second kappa shape index (κ2) is 18.2. The number of nitrogens with two attached hydrogens (primary N) is 1. The molecule has 6 aromatic rings. The van der Waals surface area contributed by atoms with Crippen molar-refractivity contribution < 1.29 is 75.6 Å². The highest BCUT2D eigenvalue weighted by Gasteiger charge is 2.49. The van der Waals surface area contributed by atoms with E-state index in [9.17, 15) is 35.1 Å². The van der Waals surface area contributed by atoms with Crippen LogP contribution >= 0.6 is 0 Å². The number of hydrogen-bond donors (Lipinski definition) is 1. The van der Waals surface area contributed by atoms with E-state index in [4.69, 9.17) is 0 Å². The van der Waals surface area contributed by atoms with E-state index in [0.29, 0.717) is 0 Å². The number of quaternary nitrogens is 1. The third kappa shape index (κ3) is 8.08. The smallest absolute Gasteiger partial charge is 0.191 e. The van der Waals surface area contributed by atoms with Gasteiger partial charge in [-0.3, -0.25) is 0 Å². The van der Waals surface area contributed by atoms with Crippen molar-refractivity contribution in [2.45, 2.75) is 39.8 Å². The van der Waals surface area contributed by atoms with E-state index < -0.39 is 145 Å². The average molecular weight is 861 g/mol. The molecule has 6 aromatic carbocycles. The normalized spacial score (nSPS) is 11.5. The first kappa shape index (κ1) is 45.3. The highest BCUT2D eigenvalue weighted by Crippen LogP contribution is 2.27. The summed E-state index contributed by atoms with van der Waals surface area (Å²) in [5.74, 6) is -45.1. The van der Waals surface area contributed by atoms with Crippen LogP contribution in [0.1, 0.15) is 36.1 Å². The molecule has 0 heterocycles. The minimum atomic E-state index is -6.18. The molecule has 316 valence electrons. The van der Waals surface area contributed by atoms with E-state index in [2.05, 4.69) is 67.7 Å². The zero-order chi connectivity index (χ0) is 44.4. The average Bonchev–Trinajstić information content (AvgIpc) is 3.20. The molecule has 0 radical (unpaired) electrons. The maximum absolute atomic E-state index is 15.3. The lowest BCUT2D eigenvalue weighted by Gasteiger charge is -2.44. The summed E-state index contributed by atoms with van der Waals surface area (Å²) in [6.07, 6.45) is -3.94. The van der Waals surface area contributed by atoms with E-state index in [-0.39, 0.29) is 0 Å². The molecule has 0 aliphatic carbocycles. The van der Waals surface area contributed by atoms with Crippen LogP contribution < -0.4 is 27.2 Å². The Kier molecular flexibility index (Phi) is 13.8. The SMILES string of the molecule is CCc1ccccc1C[NH2+]Cc1ccccc1CC.Fc1cc(F)c([B-](c2c(F)cc(F)c(F)c2F)(c2c(F)cc(F)c(F)c2F)c2c(F)cc(F)c(F)c2F)c(F)c1F. The Morgan fingerprint density at radius 3 is 0.800 bits per heavy atom. The topological polar surface area (TPSA) is 16.6 Å². The van der Waals surface area contributed by atoms with Crippen LogP contribution in [0.4, 0.5) is 70.2 Å². The zero-order valence-corrected chi connectivity index (χ0v) is 31.0. The number of aryl methyl sites for hydroxylation is 2. The lowest BCUT2D eigenvalue weighted by atomic mass is 9.12. The van der Waals surface area contributed by atoms with Crippen molar-refractivity contribution in [3.63, 3.8) is 0 Å². The zero-order valence-electron chi connectivity index (χ0n) is 31.0. The molecule has 0 saturated heterocycles.